The highest BCUT2D eigenvalue weighted by Crippen LogP contribution is 2.13. The van der Waals surface area contributed by atoms with E-state index in [1.165, 1.54) is 0 Å². The highest BCUT2D eigenvalue weighted by molar-refractivity contribution is 5.78. The van der Waals surface area contributed by atoms with Gasteiger partial charge in [-0.25, -0.2) is 4.79 Å². The van der Waals surface area contributed by atoms with Gasteiger partial charge in [0.2, 0.25) is 5.91 Å². The summed E-state index contributed by atoms with van der Waals surface area (Å²) in [5, 5.41) is 9.86. The molecule has 1 amide bonds. The van der Waals surface area contributed by atoms with Gasteiger partial charge in [0, 0.05) is 13.0 Å². The summed E-state index contributed by atoms with van der Waals surface area (Å²) in [4.78, 5) is 19.2. The predicted molar refractivity (Wildman–Crippen MR) is 40.5 cm³/mol. The number of carbonyl (C=O) groups excluding carboxylic acids is 1. The van der Waals surface area contributed by atoms with Gasteiger partial charge in [0.05, 0.1) is 0 Å². The van der Waals surface area contributed by atoms with Gasteiger partial charge in [0.1, 0.15) is 0 Å². The third-order valence-corrected chi connectivity index (χ3v) is 1.42. The fourth-order valence-electron chi connectivity index (χ4n) is 0.749. The number of alkyl halides is 3. The quantitative estimate of drug-likeness (QED) is 0.624. The maximum absolute atomic E-state index is 10.6. The number of amides is 1. The topological polar surface area (TPSA) is 66.4 Å². The minimum absolute atomic E-state index is 0.201. The molecule has 7 heteroatoms. The van der Waals surface area contributed by atoms with Crippen molar-refractivity contribution in [3.8, 4) is 0 Å². The molecule has 4 nitrogen and oxygen atoms in total. The van der Waals surface area contributed by atoms with Crippen LogP contribution in [0.4, 0.5) is 13.2 Å². The van der Waals surface area contributed by atoms with Crippen LogP contribution in [0.15, 0.2) is 0 Å². The first-order valence-electron chi connectivity index (χ1n) is 3.80. The van der Waals surface area contributed by atoms with Gasteiger partial charge in [-0.3, -0.25) is 4.79 Å². The van der Waals surface area contributed by atoms with Crippen LogP contribution in [0.3, 0.4) is 0 Å². The number of carboxylic acids is 1. The fraction of sp³-hybridized carbons (Fsp3) is 0.714. The van der Waals surface area contributed by atoms with Crippen molar-refractivity contribution in [2.45, 2.75) is 19.5 Å². The lowest BCUT2D eigenvalue weighted by molar-refractivity contribution is -0.192. The van der Waals surface area contributed by atoms with Crippen molar-refractivity contribution >= 4 is 11.9 Å². The van der Waals surface area contributed by atoms with E-state index in [2.05, 4.69) is 12.2 Å². The van der Waals surface area contributed by atoms with Gasteiger partial charge in [-0.15, -0.1) is 0 Å². The molecule has 82 valence electrons. The minimum atomic E-state index is -5.08. The number of rotatable bonds is 0. The molecular weight excluding hydrogens is 203 g/mol. The molecule has 1 rings (SSSR count). The second-order valence-electron chi connectivity index (χ2n) is 2.92. The molecule has 2 N–H and O–H groups in total. The molecule has 0 saturated carbocycles. The molecule has 1 aliphatic heterocycles. The van der Waals surface area contributed by atoms with Gasteiger partial charge in [-0.05, 0) is 5.92 Å². The zero-order valence-corrected chi connectivity index (χ0v) is 7.39. The molecule has 14 heavy (non-hydrogen) atoms. The van der Waals surface area contributed by atoms with Gasteiger partial charge >= 0.3 is 12.1 Å². The summed E-state index contributed by atoms with van der Waals surface area (Å²) in [6, 6.07) is 0. The highest BCUT2D eigenvalue weighted by Gasteiger charge is 2.38. The van der Waals surface area contributed by atoms with Crippen LogP contribution in [0.5, 0.6) is 0 Å². The molecule has 0 aromatic carbocycles. The van der Waals surface area contributed by atoms with Crippen molar-refractivity contribution in [3.05, 3.63) is 0 Å². The Kier molecular flexibility index (Phi) is 4.39. The normalized spacial score (nSPS) is 20.9. The zero-order valence-electron chi connectivity index (χ0n) is 7.39. The molecular formula is C7H10F3NO3. The number of carboxylic acid groups (broad SMARTS) is 1. The lowest BCUT2D eigenvalue weighted by atomic mass is 10.2. The van der Waals surface area contributed by atoms with Crippen LogP contribution in [0.25, 0.3) is 0 Å². The first-order chi connectivity index (χ1) is 6.23. The summed E-state index contributed by atoms with van der Waals surface area (Å²) in [6.45, 7) is 2.94. The van der Waals surface area contributed by atoms with E-state index in [1.807, 2.05) is 0 Å². The molecule has 0 bridgehead atoms. The van der Waals surface area contributed by atoms with E-state index in [0.717, 1.165) is 13.0 Å². The second-order valence-corrected chi connectivity index (χ2v) is 2.92. The maximum Gasteiger partial charge on any atom is 0.490 e. The largest absolute Gasteiger partial charge is 0.490 e. The second kappa shape index (κ2) is 4.83. The first-order valence-corrected chi connectivity index (χ1v) is 3.80. The van der Waals surface area contributed by atoms with Gasteiger partial charge in [0.15, 0.2) is 0 Å². The third-order valence-electron chi connectivity index (χ3n) is 1.42. The van der Waals surface area contributed by atoms with E-state index in [1.54, 1.807) is 0 Å². The molecule has 1 saturated heterocycles. The number of halogens is 3. The van der Waals surface area contributed by atoms with Crippen molar-refractivity contribution in [2.75, 3.05) is 6.54 Å². The Morgan fingerprint density at radius 3 is 2.07 bits per heavy atom. The van der Waals surface area contributed by atoms with Crippen LogP contribution < -0.4 is 5.32 Å². The molecule has 1 unspecified atom stereocenters. The monoisotopic (exact) mass is 213 g/mol. The van der Waals surface area contributed by atoms with Crippen LogP contribution in [-0.4, -0.2) is 29.7 Å². The lowest BCUT2D eigenvalue weighted by Gasteiger charge is -1.93. The summed E-state index contributed by atoms with van der Waals surface area (Å²) in [5.41, 5.74) is 0. The number of hydrogen-bond donors (Lipinski definition) is 2. The van der Waals surface area contributed by atoms with Crippen molar-refractivity contribution in [1.29, 1.82) is 0 Å². The zero-order chi connectivity index (χ0) is 11.4. The molecule has 1 atom stereocenters. The Labute approximate surface area is 78.1 Å². The van der Waals surface area contributed by atoms with Crippen LogP contribution in [0, 0.1) is 5.92 Å². The fourth-order valence-corrected chi connectivity index (χ4v) is 0.749. The SMILES string of the molecule is CC1CNC(=O)C1.O=C(O)C(F)(F)F. The third kappa shape index (κ3) is 5.39. The van der Waals surface area contributed by atoms with Gasteiger partial charge < -0.3 is 10.4 Å². The van der Waals surface area contributed by atoms with E-state index in [0.29, 0.717) is 5.92 Å². The molecule has 0 aromatic rings. The Bertz CT molecular complexity index is 227. The average molecular weight is 213 g/mol. The highest BCUT2D eigenvalue weighted by atomic mass is 19.4. The Morgan fingerprint density at radius 1 is 1.57 bits per heavy atom. The van der Waals surface area contributed by atoms with E-state index >= 15 is 0 Å². The molecule has 0 radical (unpaired) electrons. The summed E-state index contributed by atoms with van der Waals surface area (Å²) in [6.07, 6.45) is -4.36. The van der Waals surface area contributed by atoms with Crippen molar-refractivity contribution in [2.24, 2.45) is 5.92 Å². The first kappa shape index (κ1) is 12.7. The number of carbonyl (C=O) groups is 2. The van der Waals surface area contributed by atoms with Crippen LogP contribution >= 0.6 is 0 Å². The van der Waals surface area contributed by atoms with E-state index in [9.17, 15) is 18.0 Å². The molecule has 1 aliphatic rings. The Balaban J connectivity index is 0.000000241. The summed E-state index contributed by atoms with van der Waals surface area (Å²) < 4.78 is 31.7. The lowest BCUT2D eigenvalue weighted by Crippen LogP contribution is -2.21. The van der Waals surface area contributed by atoms with E-state index < -0.39 is 12.1 Å². The molecule has 0 aliphatic carbocycles. The number of hydrogen-bond acceptors (Lipinski definition) is 2. The summed E-state index contributed by atoms with van der Waals surface area (Å²) in [5.74, 6) is -1.99. The number of nitrogens with one attached hydrogen (secondary N) is 1. The van der Waals surface area contributed by atoms with Crippen molar-refractivity contribution in [1.82, 2.24) is 5.32 Å². The van der Waals surface area contributed by atoms with Gasteiger partial charge in [-0.1, -0.05) is 6.92 Å². The maximum atomic E-state index is 10.6. The van der Waals surface area contributed by atoms with Crippen LogP contribution in [0.1, 0.15) is 13.3 Å². The van der Waals surface area contributed by atoms with Crippen molar-refractivity contribution < 1.29 is 27.9 Å². The van der Waals surface area contributed by atoms with Gasteiger partial charge in [0.25, 0.3) is 0 Å². The molecule has 1 fully saturated rings. The molecule has 0 spiro atoms. The molecule has 0 aromatic heterocycles. The summed E-state index contributed by atoms with van der Waals surface area (Å²) >= 11 is 0. The van der Waals surface area contributed by atoms with Crippen LogP contribution in [-0.2, 0) is 9.59 Å². The predicted octanol–water partition coefficient (Wildman–Crippen LogP) is 0.776. The average Bonchev–Trinajstić information content (AvgIpc) is 2.33. The standard InChI is InChI=1S/C5H9NO.C2HF3O2/c1-4-2-5(7)6-3-4;3-2(4,5)1(6)7/h4H,2-3H2,1H3,(H,6,7);(H,6,7). The molecule has 1 heterocycles. The Morgan fingerprint density at radius 2 is 2.00 bits per heavy atom. The number of aliphatic carboxylic acids is 1. The van der Waals surface area contributed by atoms with E-state index in [-0.39, 0.29) is 5.91 Å². The van der Waals surface area contributed by atoms with E-state index in [4.69, 9.17) is 9.90 Å². The van der Waals surface area contributed by atoms with Gasteiger partial charge in [-0.2, -0.15) is 13.2 Å². The summed E-state index contributed by atoms with van der Waals surface area (Å²) in [7, 11) is 0. The van der Waals surface area contributed by atoms with Crippen LogP contribution in [0.2, 0.25) is 0 Å². The Hall–Kier alpha value is -1.27. The van der Waals surface area contributed by atoms with Crippen molar-refractivity contribution in [3.63, 3.8) is 0 Å². The smallest absolute Gasteiger partial charge is 0.475 e. The minimum Gasteiger partial charge on any atom is -0.475 e.